The van der Waals surface area contributed by atoms with Crippen LogP contribution in [0.4, 0.5) is 9.18 Å². The first-order valence-corrected chi connectivity index (χ1v) is 14.7. The lowest BCUT2D eigenvalue weighted by Crippen LogP contribution is -2.48. The van der Waals surface area contributed by atoms with E-state index in [9.17, 15) is 19.1 Å². The molecule has 4 aromatic rings. The molecule has 10 heteroatoms. The second kappa shape index (κ2) is 13.1. The number of nitrogens with zero attached hydrogens (tertiary/aromatic N) is 2. The van der Waals surface area contributed by atoms with Crippen LogP contribution in [0, 0.1) is 11.7 Å². The average molecular weight is 605 g/mol. The summed E-state index contributed by atoms with van der Waals surface area (Å²) in [6.45, 7) is 0.900. The molecule has 3 aromatic carbocycles. The fraction of sp³-hybridized carbons (Fsp3) is 0.303. The summed E-state index contributed by atoms with van der Waals surface area (Å²) < 4.78 is 14.9. The first kappa shape index (κ1) is 30.4. The van der Waals surface area contributed by atoms with Crippen molar-refractivity contribution >= 4 is 34.5 Å². The molecule has 8 nitrogen and oxygen atoms in total. The van der Waals surface area contributed by atoms with Crippen molar-refractivity contribution in [1.29, 1.82) is 0 Å². The molecule has 1 aliphatic rings. The van der Waals surface area contributed by atoms with Crippen molar-refractivity contribution in [1.82, 2.24) is 15.2 Å². The number of carboxylic acid groups (broad SMARTS) is 1. The van der Waals surface area contributed by atoms with Crippen LogP contribution >= 0.6 is 11.6 Å². The van der Waals surface area contributed by atoms with Gasteiger partial charge in [0.2, 0.25) is 0 Å². The highest BCUT2D eigenvalue weighted by Crippen LogP contribution is 2.46. The lowest BCUT2D eigenvalue weighted by molar-refractivity contribution is -0.0563. The third kappa shape index (κ3) is 6.49. The van der Waals surface area contributed by atoms with E-state index in [1.54, 1.807) is 29.3 Å². The van der Waals surface area contributed by atoms with Crippen LogP contribution in [0.5, 0.6) is 0 Å². The molecule has 5 N–H and O–H groups in total. The second-order valence-corrected chi connectivity index (χ2v) is 11.4. The standard InChI is InChI=1S/C33H34ClFN4O4/c34-27-9-3-8-26(30(27)23-17-22-6-1-2-10-29(22)38-19-23)33(43,13-5-14-37-32(41)42)24-7-4-15-39(20-24)31(40)25-12-11-21(18-36)16-28(25)35/h1-3,6,8-12,16-17,19,24,37,43H,4-5,7,13-15,18,20,36H2,(H,41,42). The highest BCUT2D eigenvalue weighted by molar-refractivity contribution is 6.33. The maximum absolute atomic E-state index is 14.9. The number of fused-ring (bicyclic) bond motifs is 1. The highest BCUT2D eigenvalue weighted by atomic mass is 35.5. The van der Waals surface area contributed by atoms with Gasteiger partial charge in [0.15, 0.2) is 0 Å². The fourth-order valence-electron chi connectivity index (χ4n) is 6.08. The summed E-state index contributed by atoms with van der Waals surface area (Å²) in [4.78, 5) is 30.8. The van der Waals surface area contributed by atoms with Crippen LogP contribution in [0.2, 0.25) is 5.02 Å². The molecule has 0 aliphatic carbocycles. The number of rotatable bonds is 9. The summed E-state index contributed by atoms with van der Waals surface area (Å²) in [5.74, 6) is -1.52. The molecule has 1 fully saturated rings. The monoisotopic (exact) mass is 604 g/mol. The summed E-state index contributed by atoms with van der Waals surface area (Å²) in [6, 6.07) is 19.4. The second-order valence-electron chi connectivity index (χ2n) is 10.9. The van der Waals surface area contributed by atoms with Crippen LogP contribution in [0.25, 0.3) is 22.0 Å². The van der Waals surface area contributed by atoms with E-state index < -0.39 is 29.3 Å². The predicted molar refractivity (Wildman–Crippen MR) is 164 cm³/mol. The molecule has 0 saturated carbocycles. The predicted octanol–water partition coefficient (Wildman–Crippen LogP) is 5.94. The SMILES string of the molecule is NCc1ccc(C(=O)N2CCCC(C(O)(CCCNC(=O)O)c3cccc(Cl)c3-c3cnc4ccccc4c3)C2)c(F)c1. The Morgan fingerprint density at radius 1 is 1.14 bits per heavy atom. The number of aliphatic hydroxyl groups is 1. The van der Waals surface area contributed by atoms with Crippen molar-refractivity contribution in [3.8, 4) is 11.1 Å². The minimum absolute atomic E-state index is 0.0438. The number of hydrogen-bond donors (Lipinski definition) is 4. The van der Waals surface area contributed by atoms with Crippen LogP contribution in [0.15, 0.2) is 72.9 Å². The Balaban J connectivity index is 1.53. The molecule has 1 saturated heterocycles. The summed E-state index contributed by atoms with van der Waals surface area (Å²) in [5.41, 5.74) is 7.43. The van der Waals surface area contributed by atoms with Crippen LogP contribution in [0.3, 0.4) is 0 Å². The Morgan fingerprint density at radius 3 is 2.72 bits per heavy atom. The van der Waals surface area contributed by atoms with Gasteiger partial charge in [0.05, 0.1) is 16.7 Å². The minimum atomic E-state index is -1.49. The van der Waals surface area contributed by atoms with Gasteiger partial charge in [-0.1, -0.05) is 48.0 Å². The zero-order chi connectivity index (χ0) is 30.6. The van der Waals surface area contributed by atoms with Gasteiger partial charge in [-0.2, -0.15) is 0 Å². The molecule has 1 aromatic heterocycles. The molecule has 2 amide bonds. The molecular formula is C33H34ClFN4O4. The van der Waals surface area contributed by atoms with E-state index in [2.05, 4.69) is 10.3 Å². The molecule has 2 atom stereocenters. The number of para-hydroxylation sites is 1. The quantitative estimate of drug-likeness (QED) is 0.175. The van der Waals surface area contributed by atoms with Crippen molar-refractivity contribution < 1.29 is 24.2 Å². The maximum atomic E-state index is 14.9. The number of nitrogens with one attached hydrogen (secondary N) is 1. The fourth-order valence-corrected chi connectivity index (χ4v) is 6.36. The molecule has 2 unspecified atom stereocenters. The topological polar surface area (TPSA) is 129 Å². The zero-order valence-corrected chi connectivity index (χ0v) is 24.4. The zero-order valence-electron chi connectivity index (χ0n) is 23.6. The third-order valence-electron chi connectivity index (χ3n) is 8.25. The molecule has 0 spiro atoms. The van der Waals surface area contributed by atoms with E-state index in [1.165, 1.54) is 12.1 Å². The van der Waals surface area contributed by atoms with Gasteiger partial charge >= 0.3 is 6.09 Å². The Kier molecular flexibility index (Phi) is 9.25. The largest absolute Gasteiger partial charge is 0.465 e. The van der Waals surface area contributed by atoms with Crippen molar-refractivity contribution in [2.24, 2.45) is 11.7 Å². The van der Waals surface area contributed by atoms with E-state index in [0.717, 1.165) is 16.5 Å². The molecule has 5 rings (SSSR count). The van der Waals surface area contributed by atoms with Gasteiger partial charge in [0, 0.05) is 59.8 Å². The maximum Gasteiger partial charge on any atom is 0.404 e. The summed E-state index contributed by atoms with van der Waals surface area (Å²) >= 11 is 6.82. The van der Waals surface area contributed by atoms with E-state index in [1.807, 2.05) is 36.4 Å². The number of pyridine rings is 1. The third-order valence-corrected chi connectivity index (χ3v) is 8.57. The molecule has 1 aliphatic heterocycles. The van der Waals surface area contributed by atoms with Gasteiger partial charge in [-0.05, 0) is 67.1 Å². The number of likely N-dealkylation sites (tertiary alicyclic amines) is 1. The summed E-state index contributed by atoms with van der Waals surface area (Å²) in [5, 5.41) is 25.5. The summed E-state index contributed by atoms with van der Waals surface area (Å²) in [6.07, 6.45) is 2.32. The smallest absolute Gasteiger partial charge is 0.404 e. The van der Waals surface area contributed by atoms with Crippen molar-refractivity contribution in [3.05, 3.63) is 100 Å². The normalized spacial score (nSPS) is 16.6. The Labute approximate surface area is 254 Å². The van der Waals surface area contributed by atoms with E-state index in [4.69, 9.17) is 22.4 Å². The number of amides is 2. The van der Waals surface area contributed by atoms with Gasteiger partial charge in [-0.3, -0.25) is 9.78 Å². The van der Waals surface area contributed by atoms with Gasteiger partial charge < -0.3 is 26.2 Å². The highest BCUT2D eigenvalue weighted by Gasteiger charge is 2.43. The van der Waals surface area contributed by atoms with Crippen LogP contribution in [-0.4, -0.2) is 51.7 Å². The van der Waals surface area contributed by atoms with Gasteiger partial charge in [-0.25, -0.2) is 9.18 Å². The number of hydrogen-bond acceptors (Lipinski definition) is 5. The summed E-state index contributed by atoms with van der Waals surface area (Å²) in [7, 11) is 0. The molecule has 43 heavy (non-hydrogen) atoms. The van der Waals surface area contributed by atoms with Crippen LogP contribution in [0.1, 0.15) is 47.2 Å². The molecular weight excluding hydrogens is 571 g/mol. The first-order valence-electron chi connectivity index (χ1n) is 14.3. The molecule has 0 bridgehead atoms. The Morgan fingerprint density at radius 2 is 1.95 bits per heavy atom. The van der Waals surface area contributed by atoms with Crippen molar-refractivity contribution in [3.63, 3.8) is 0 Å². The van der Waals surface area contributed by atoms with Gasteiger partial charge in [0.25, 0.3) is 5.91 Å². The van der Waals surface area contributed by atoms with Crippen LogP contribution < -0.4 is 11.1 Å². The number of benzene rings is 3. The van der Waals surface area contributed by atoms with E-state index >= 15 is 0 Å². The Bertz CT molecular complexity index is 1650. The van der Waals surface area contributed by atoms with Gasteiger partial charge in [-0.15, -0.1) is 0 Å². The number of carbonyl (C=O) groups excluding carboxylic acids is 1. The molecule has 224 valence electrons. The Hall–Kier alpha value is -4.05. The average Bonchev–Trinajstić information content (AvgIpc) is 3.02. The van der Waals surface area contributed by atoms with Crippen LogP contribution in [-0.2, 0) is 12.1 Å². The first-order chi connectivity index (χ1) is 20.7. The number of halogens is 2. The van der Waals surface area contributed by atoms with E-state index in [-0.39, 0.29) is 31.6 Å². The van der Waals surface area contributed by atoms with Crippen molar-refractivity contribution in [2.75, 3.05) is 19.6 Å². The number of piperidine rings is 1. The van der Waals surface area contributed by atoms with Gasteiger partial charge in [0.1, 0.15) is 5.82 Å². The lowest BCUT2D eigenvalue weighted by Gasteiger charge is -2.44. The molecule has 0 radical (unpaired) electrons. The minimum Gasteiger partial charge on any atom is -0.465 e. The number of aromatic nitrogens is 1. The van der Waals surface area contributed by atoms with E-state index in [0.29, 0.717) is 47.5 Å². The lowest BCUT2D eigenvalue weighted by atomic mass is 9.72. The van der Waals surface area contributed by atoms with Crippen molar-refractivity contribution in [2.45, 2.75) is 37.8 Å². The number of carbonyl (C=O) groups is 2. The molecule has 2 heterocycles. The number of nitrogens with two attached hydrogens (primary N) is 1.